The fraction of sp³-hybridized carbons (Fsp3) is 0.381. The standard InChI is InChI=1S/C21H25BrClN3O3S/c1-15-13-25(14-16-3-7-19(23)8-4-16)9-10-26(15)21(27)11-17-5-6-18(22)12-20(17)24-30(2,28)29/h3-8,12,15,24H,9-11,13-14H2,1-2H3. The normalized spacial score (nSPS) is 17.7. The SMILES string of the molecule is CC1CN(Cc2ccc(Cl)cc2)CCN1C(=O)Cc1ccc(Br)cc1NS(C)(=O)=O. The Morgan fingerprint density at radius 3 is 2.53 bits per heavy atom. The predicted molar refractivity (Wildman–Crippen MR) is 124 cm³/mol. The van der Waals surface area contributed by atoms with E-state index < -0.39 is 10.0 Å². The van der Waals surface area contributed by atoms with Crippen LogP contribution in [0.5, 0.6) is 0 Å². The summed E-state index contributed by atoms with van der Waals surface area (Å²) in [5.74, 6) is -0.00693. The Kier molecular flexibility index (Phi) is 7.44. The van der Waals surface area contributed by atoms with Crippen LogP contribution in [0.15, 0.2) is 46.9 Å². The molecule has 162 valence electrons. The van der Waals surface area contributed by atoms with E-state index in [0.717, 1.165) is 35.4 Å². The third kappa shape index (κ3) is 6.44. The Labute approximate surface area is 191 Å². The zero-order valence-electron chi connectivity index (χ0n) is 16.9. The molecule has 0 aromatic heterocycles. The quantitative estimate of drug-likeness (QED) is 0.637. The van der Waals surface area contributed by atoms with Crippen molar-refractivity contribution in [2.75, 3.05) is 30.6 Å². The second-order valence-corrected chi connectivity index (χ2v) is 10.8. The maximum absolute atomic E-state index is 13.0. The molecule has 30 heavy (non-hydrogen) atoms. The molecule has 0 aliphatic carbocycles. The van der Waals surface area contributed by atoms with Crippen LogP contribution >= 0.6 is 27.5 Å². The molecule has 1 N–H and O–H groups in total. The molecule has 1 atom stereocenters. The van der Waals surface area contributed by atoms with Gasteiger partial charge in [-0.3, -0.25) is 14.4 Å². The summed E-state index contributed by atoms with van der Waals surface area (Å²) in [5, 5.41) is 0.722. The molecule has 3 rings (SSSR count). The Morgan fingerprint density at radius 1 is 1.20 bits per heavy atom. The number of hydrogen-bond acceptors (Lipinski definition) is 4. The minimum atomic E-state index is -3.44. The third-order valence-corrected chi connectivity index (χ3v) is 6.40. The number of hydrogen-bond donors (Lipinski definition) is 1. The van der Waals surface area contributed by atoms with E-state index in [1.807, 2.05) is 42.2 Å². The first kappa shape index (κ1) is 23.1. The molecule has 2 aromatic rings. The molecule has 6 nitrogen and oxygen atoms in total. The van der Waals surface area contributed by atoms with Gasteiger partial charge in [0.2, 0.25) is 15.9 Å². The van der Waals surface area contributed by atoms with Gasteiger partial charge < -0.3 is 4.90 Å². The van der Waals surface area contributed by atoms with Crippen LogP contribution in [0.1, 0.15) is 18.1 Å². The van der Waals surface area contributed by atoms with Gasteiger partial charge in [0.15, 0.2) is 0 Å². The number of nitrogens with one attached hydrogen (secondary N) is 1. The highest BCUT2D eigenvalue weighted by molar-refractivity contribution is 9.10. The van der Waals surface area contributed by atoms with Gasteiger partial charge in [0.05, 0.1) is 18.4 Å². The average Bonchev–Trinajstić information content (AvgIpc) is 2.64. The molecule has 1 fully saturated rings. The molecule has 9 heteroatoms. The van der Waals surface area contributed by atoms with Crippen molar-refractivity contribution in [1.82, 2.24) is 9.80 Å². The van der Waals surface area contributed by atoms with Crippen molar-refractivity contribution in [3.05, 3.63) is 63.1 Å². The minimum absolute atomic E-state index is 0.00693. The molecule has 0 saturated carbocycles. The number of sulfonamides is 1. The Morgan fingerprint density at radius 2 is 1.90 bits per heavy atom. The van der Waals surface area contributed by atoms with Gasteiger partial charge in [-0.05, 0) is 42.3 Å². The molecular formula is C21H25BrClN3O3S. The van der Waals surface area contributed by atoms with E-state index in [0.29, 0.717) is 17.8 Å². The van der Waals surface area contributed by atoms with Gasteiger partial charge in [-0.1, -0.05) is 45.7 Å². The van der Waals surface area contributed by atoms with E-state index in [4.69, 9.17) is 11.6 Å². The van der Waals surface area contributed by atoms with Gasteiger partial charge in [0.25, 0.3) is 0 Å². The fourth-order valence-corrected chi connectivity index (χ4v) is 4.73. The number of anilines is 1. The molecule has 0 radical (unpaired) electrons. The summed E-state index contributed by atoms with van der Waals surface area (Å²) in [4.78, 5) is 17.2. The number of halogens is 2. The topological polar surface area (TPSA) is 69.7 Å². The summed E-state index contributed by atoms with van der Waals surface area (Å²) in [7, 11) is -3.44. The molecule has 0 bridgehead atoms. The number of rotatable bonds is 6. The fourth-order valence-electron chi connectivity index (χ4n) is 3.66. The number of piperazine rings is 1. The summed E-state index contributed by atoms with van der Waals surface area (Å²) in [5.41, 5.74) is 2.27. The highest BCUT2D eigenvalue weighted by Gasteiger charge is 2.28. The van der Waals surface area contributed by atoms with E-state index in [1.54, 1.807) is 12.1 Å². The molecule has 1 amide bonds. The van der Waals surface area contributed by atoms with E-state index >= 15 is 0 Å². The van der Waals surface area contributed by atoms with Crippen LogP contribution < -0.4 is 4.72 Å². The van der Waals surface area contributed by atoms with Crippen LogP contribution in [0, 0.1) is 0 Å². The maximum Gasteiger partial charge on any atom is 0.229 e. The van der Waals surface area contributed by atoms with Crippen molar-refractivity contribution in [2.45, 2.75) is 25.9 Å². The zero-order chi connectivity index (χ0) is 21.9. The molecule has 1 unspecified atom stereocenters. The predicted octanol–water partition coefficient (Wildman–Crippen LogP) is 3.75. The highest BCUT2D eigenvalue weighted by atomic mass is 79.9. The summed E-state index contributed by atoms with van der Waals surface area (Å²) in [6.07, 6.45) is 1.24. The molecule has 2 aromatic carbocycles. The Balaban J connectivity index is 1.64. The second kappa shape index (κ2) is 9.68. The van der Waals surface area contributed by atoms with Crippen LogP contribution in [0.25, 0.3) is 0 Å². The van der Waals surface area contributed by atoms with Crippen molar-refractivity contribution in [1.29, 1.82) is 0 Å². The van der Waals surface area contributed by atoms with Gasteiger partial charge in [0, 0.05) is 41.7 Å². The van der Waals surface area contributed by atoms with Gasteiger partial charge in [-0.25, -0.2) is 8.42 Å². The smallest absolute Gasteiger partial charge is 0.229 e. The average molecular weight is 515 g/mol. The van der Waals surface area contributed by atoms with Gasteiger partial charge >= 0.3 is 0 Å². The minimum Gasteiger partial charge on any atom is -0.337 e. The monoisotopic (exact) mass is 513 g/mol. The van der Waals surface area contributed by atoms with Crippen molar-refractivity contribution >= 4 is 49.1 Å². The van der Waals surface area contributed by atoms with E-state index in [9.17, 15) is 13.2 Å². The first-order valence-electron chi connectivity index (χ1n) is 9.63. The van der Waals surface area contributed by atoms with Crippen molar-refractivity contribution in [3.63, 3.8) is 0 Å². The van der Waals surface area contributed by atoms with E-state index in [2.05, 4.69) is 25.6 Å². The van der Waals surface area contributed by atoms with Crippen molar-refractivity contribution < 1.29 is 13.2 Å². The van der Waals surface area contributed by atoms with Crippen LogP contribution in [-0.2, 0) is 27.8 Å². The van der Waals surface area contributed by atoms with Gasteiger partial charge in [0.1, 0.15) is 0 Å². The number of amides is 1. The lowest BCUT2D eigenvalue weighted by Crippen LogP contribution is -2.54. The number of carbonyl (C=O) groups excluding carboxylic acids is 1. The number of nitrogens with zero attached hydrogens (tertiary/aromatic N) is 2. The number of benzene rings is 2. The number of carbonyl (C=O) groups is 1. The highest BCUT2D eigenvalue weighted by Crippen LogP contribution is 2.24. The first-order chi connectivity index (χ1) is 14.1. The zero-order valence-corrected chi connectivity index (χ0v) is 20.1. The Bertz CT molecular complexity index is 1010. The van der Waals surface area contributed by atoms with Gasteiger partial charge in [-0.2, -0.15) is 0 Å². The lowest BCUT2D eigenvalue weighted by molar-refractivity contribution is -0.135. The summed E-state index contributed by atoms with van der Waals surface area (Å²) >= 11 is 9.31. The van der Waals surface area contributed by atoms with Crippen LogP contribution in [0.2, 0.25) is 5.02 Å². The lowest BCUT2D eigenvalue weighted by atomic mass is 10.1. The maximum atomic E-state index is 13.0. The van der Waals surface area contributed by atoms with Crippen molar-refractivity contribution in [3.8, 4) is 0 Å². The van der Waals surface area contributed by atoms with E-state index in [-0.39, 0.29) is 18.4 Å². The van der Waals surface area contributed by atoms with Crippen molar-refractivity contribution in [2.24, 2.45) is 0 Å². The Hall–Kier alpha value is -1.61. The summed E-state index contributed by atoms with van der Waals surface area (Å²) in [6, 6.07) is 13.2. The summed E-state index contributed by atoms with van der Waals surface area (Å²) < 4.78 is 26.6. The van der Waals surface area contributed by atoms with Crippen LogP contribution in [0.4, 0.5) is 5.69 Å². The van der Waals surface area contributed by atoms with Crippen LogP contribution in [-0.4, -0.2) is 56.1 Å². The molecular weight excluding hydrogens is 490 g/mol. The molecule has 1 heterocycles. The molecule has 0 spiro atoms. The largest absolute Gasteiger partial charge is 0.337 e. The molecule has 1 aliphatic rings. The molecule has 1 saturated heterocycles. The van der Waals surface area contributed by atoms with Crippen LogP contribution in [0.3, 0.4) is 0 Å². The lowest BCUT2D eigenvalue weighted by Gasteiger charge is -2.40. The summed E-state index contributed by atoms with van der Waals surface area (Å²) in [6.45, 7) is 5.07. The third-order valence-electron chi connectivity index (χ3n) is 5.06. The first-order valence-corrected chi connectivity index (χ1v) is 12.7. The second-order valence-electron chi connectivity index (χ2n) is 7.65. The van der Waals surface area contributed by atoms with Gasteiger partial charge in [-0.15, -0.1) is 0 Å². The van der Waals surface area contributed by atoms with E-state index in [1.165, 1.54) is 5.56 Å². The molecule has 1 aliphatic heterocycles.